The largest absolute Gasteiger partial charge is 0.443 e. The van der Waals surface area contributed by atoms with Crippen LogP contribution in [-0.2, 0) is 4.74 Å². The Bertz CT molecular complexity index is 544. The molecule has 0 aliphatic rings. The Morgan fingerprint density at radius 3 is 2.63 bits per heavy atom. The van der Waals surface area contributed by atoms with Gasteiger partial charge in [0.2, 0.25) is 0 Å². The van der Waals surface area contributed by atoms with Crippen LogP contribution in [0.3, 0.4) is 0 Å². The number of benzene rings is 1. The van der Waals surface area contributed by atoms with E-state index in [0.717, 1.165) is 6.07 Å². The molecule has 1 N–H and O–H groups in total. The Balaban J connectivity index is 2.76. The van der Waals surface area contributed by atoms with Gasteiger partial charge < -0.3 is 4.74 Å². The lowest BCUT2D eigenvalue weighted by Crippen LogP contribution is -2.31. The topological polar surface area (TPSA) is 98.5 Å². The molecular weight excluding hydrogens is 276 g/mol. The molecule has 0 fully saturated rings. The van der Waals surface area contributed by atoms with E-state index in [0.29, 0.717) is 0 Å². The standard InChI is InChI=1S/C11H9ClN2O5/c1-7(12)6-19-11(16)13-10(15)8-4-2-3-5-9(8)14(17)18/h2-5H,1,6H2,(H,13,15,16). The zero-order valence-corrected chi connectivity index (χ0v) is 10.3. The Kier molecular flexibility index (Phi) is 5.01. The van der Waals surface area contributed by atoms with Crippen molar-refractivity contribution in [3.05, 3.63) is 51.6 Å². The fourth-order valence-corrected chi connectivity index (χ4v) is 1.22. The summed E-state index contributed by atoms with van der Waals surface area (Å²) in [4.78, 5) is 32.8. The first-order chi connectivity index (χ1) is 8.91. The molecule has 0 saturated carbocycles. The summed E-state index contributed by atoms with van der Waals surface area (Å²) in [7, 11) is 0. The van der Waals surface area contributed by atoms with Crippen molar-refractivity contribution in [3.8, 4) is 0 Å². The van der Waals surface area contributed by atoms with Gasteiger partial charge in [0, 0.05) is 11.1 Å². The molecule has 0 atom stereocenters. The molecule has 0 aliphatic heterocycles. The summed E-state index contributed by atoms with van der Waals surface area (Å²) in [5.74, 6) is -0.933. The van der Waals surface area contributed by atoms with Gasteiger partial charge in [0.1, 0.15) is 12.2 Å². The first-order valence-electron chi connectivity index (χ1n) is 4.96. The Morgan fingerprint density at radius 2 is 2.05 bits per heavy atom. The molecular formula is C11H9ClN2O5. The minimum absolute atomic E-state index is 0.0771. The lowest BCUT2D eigenvalue weighted by atomic mass is 10.1. The quantitative estimate of drug-likeness (QED) is 0.675. The smallest absolute Gasteiger partial charge is 0.414 e. The molecule has 0 spiro atoms. The molecule has 2 amide bonds. The number of hydrogen-bond donors (Lipinski definition) is 1. The SMILES string of the molecule is C=C(Cl)COC(=O)NC(=O)c1ccccc1[N+](=O)[O-]. The van der Waals surface area contributed by atoms with Gasteiger partial charge in [-0.3, -0.25) is 20.2 Å². The fraction of sp³-hybridized carbons (Fsp3) is 0.0909. The van der Waals surface area contributed by atoms with Crippen molar-refractivity contribution in [1.82, 2.24) is 5.32 Å². The van der Waals surface area contributed by atoms with E-state index in [2.05, 4.69) is 11.3 Å². The number of para-hydroxylation sites is 1. The zero-order valence-electron chi connectivity index (χ0n) is 9.59. The van der Waals surface area contributed by atoms with Crippen LogP contribution in [0.2, 0.25) is 0 Å². The second kappa shape index (κ2) is 6.50. The monoisotopic (exact) mass is 284 g/mol. The highest BCUT2D eigenvalue weighted by molar-refractivity contribution is 6.29. The average molecular weight is 285 g/mol. The van der Waals surface area contributed by atoms with Gasteiger partial charge in [-0.1, -0.05) is 30.3 Å². The van der Waals surface area contributed by atoms with Gasteiger partial charge in [0.05, 0.1) is 4.92 Å². The number of carbonyl (C=O) groups is 2. The summed E-state index contributed by atoms with van der Waals surface area (Å²) in [5.41, 5.74) is -0.649. The Hall–Kier alpha value is -2.41. The molecule has 0 aliphatic carbocycles. The third-order valence-electron chi connectivity index (χ3n) is 1.92. The van der Waals surface area contributed by atoms with Crippen LogP contribution in [-0.4, -0.2) is 23.5 Å². The molecule has 0 bridgehead atoms. The average Bonchev–Trinajstić information content (AvgIpc) is 2.36. The fourth-order valence-electron chi connectivity index (χ4n) is 1.16. The van der Waals surface area contributed by atoms with E-state index in [1.165, 1.54) is 18.2 Å². The number of ether oxygens (including phenoxy) is 1. The summed E-state index contributed by atoms with van der Waals surface area (Å²) >= 11 is 5.37. The number of nitrogens with zero attached hydrogens (tertiary/aromatic N) is 1. The van der Waals surface area contributed by atoms with Gasteiger partial charge in [-0.2, -0.15) is 0 Å². The molecule has 0 aromatic heterocycles. The number of imide groups is 1. The molecule has 1 rings (SSSR count). The van der Waals surface area contributed by atoms with Gasteiger partial charge in [-0.25, -0.2) is 4.79 Å². The summed E-state index contributed by atoms with van der Waals surface area (Å²) in [6, 6.07) is 5.22. The number of amides is 2. The van der Waals surface area contributed by atoms with Gasteiger partial charge in [-0.05, 0) is 6.07 Å². The summed E-state index contributed by atoms with van der Waals surface area (Å²) in [6.07, 6.45) is -1.06. The molecule has 0 radical (unpaired) electrons. The number of halogens is 1. The lowest BCUT2D eigenvalue weighted by molar-refractivity contribution is -0.385. The van der Waals surface area contributed by atoms with Crippen LogP contribution in [0.1, 0.15) is 10.4 Å². The third kappa shape index (κ3) is 4.40. The summed E-state index contributed by atoms with van der Waals surface area (Å²) in [5, 5.41) is 12.6. The molecule has 7 nitrogen and oxygen atoms in total. The highest BCUT2D eigenvalue weighted by atomic mass is 35.5. The van der Waals surface area contributed by atoms with E-state index in [4.69, 9.17) is 11.6 Å². The van der Waals surface area contributed by atoms with Gasteiger partial charge >= 0.3 is 6.09 Å². The number of nitro groups is 1. The van der Waals surface area contributed by atoms with E-state index in [1.807, 2.05) is 5.32 Å². The zero-order chi connectivity index (χ0) is 14.4. The molecule has 1 aromatic rings. The first-order valence-corrected chi connectivity index (χ1v) is 5.34. The van der Waals surface area contributed by atoms with E-state index >= 15 is 0 Å². The van der Waals surface area contributed by atoms with Crippen LogP contribution in [0.5, 0.6) is 0 Å². The second-order valence-corrected chi connectivity index (χ2v) is 3.86. The van der Waals surface area contributed by atoms with Crippen LogP contribution in [0.4, 0.5) is 10.5 Å². The number of rotatable bonds is 4. The highest BCUT2D eigenvalue weighted by Crippen LogP contribution is 2.17. The summed E-state index contributed by atoms with van der Waals surface area (Å²) in [6.45, 7) is 3.02. The second-order valence-electron chi connectivity index (χ2n) is 3.32. The van der Waals surface area contributed by atoms with Crippen LogP contribution >= 0.6 is 11.6 Å². The number of hydrogen-bond acceptors (Lipinski definition) is 5. The van der Waals surface area contributed by atoms with Gasteiger partial charge in [-0.15, -0.1) is 0 Å². The number of alkyl carbamates (subject to hydrolysis) is 1. The van der Waals surface area contributed by atoms with E-state index in [9.17, 15) is 19.7 Å². The van der Waals surface area contributed by atoms with Crippen LogP contribution in [0, 0.1) is 10.1 Å². The first kappa shape index (κ1) is 14.7. The maximum Gasteiger partial charge on any atom is 0.414 e. The predicted octanol–water partition coefficient (Wildman–Crippen LogP) is 2.21. The molecule has 8 heteroatoms. The summed E-state index contributed by atoms with van der Waals surface area (Å²) < 4.78 is 4.52. The van der Waals surface area contributed by atoms with Crippen LogP contribution in [0.15, 0.2) is 35.9 Å². The van der Waals surface area contributed by atoms with Crippen LogP contribution in [0.25, 0.3) is 0 Å². The van der Waals surface area contributed by atoms with Crippen LogP contribution < -0.4 is 5.32 Å². The molecule has 100 valence electrons. The van der Waals surface area contributed by atoms with E-state index in [-0.39, 0.29) is 17.2 Å². The van der Waals surface area contributed by atoms with Gasteiger partial charge in [0.15, 0.2) is 0 Å². The molecule has 1 aromatic carbocycles. The normalized spacial score (nSPS) is 9.53. The van der Waals surface area contributed by atoms with E-state index in [1.54, 1.807) is 0 Å². The Morgan fingerprint density at radius 1 is 1.42 bits per heavy atom. The number of nitro benzene ring substituents is 1. The van der Waals surface area contributed by atoms with Crippen molar-refractivity contribution in [3.63, 3.8) is 0 Å². The molecule has 0 heterocycles. The number of carbonyl (C=O) groups excluding carboxylic acids is 2. The predicted molar refractivity (Wildman–Crippen MR) is 66.9 cm³/mol. The maximum absolute atomic E-state index is 11.7. The molecule has 0 unspecified atom stereocenters. The van der Waals surface area contributed by atoms with E-state index < -0.39 is 22.6 Å². The maximum atomic E-state index is 11.7. The van der Waals surface area contributed by atoms with Crippen molar-refractivity contribution >= 4 is 29.3 Å². The highest BCUT2D eigenvalue weighted by Gasteiger charge is 2.21. The molecule has 19 heavy (non-hydrogen) atoms. The minimum atomic E-state index is -1.06. The minimum Gasteiger partial charge on any atom is -0.443 e. The third-order valence-corrected chi connectivity index (χ3v) is 2.03. The van der Waals surface area contributed by atoms with Crippen molar-refractivity contribution in [2.24, 2.45) is 0 Å². The molecule has 0 saturated heterocycles. The van der Waals surface area contributed by atoms with Gasteiger partial charge in [0.25, 0.3) is 11.6 Å². The van der Waals surface area contributed by atoms with Crippen molar-refractivity contribution in [2.45, 2.75) is 0 Å². The van der Waals surface area contributed by atoms with Crippen molar-refractivity contribution < 1.29 is 19.2 Å². The van der Waals surface area contributed by atoms with Crippen molar-refractivity contribution in [1.29, 1.82) is 0 Å². The Labute approximate surface area is 113 Å². The number of nitrogens with one attached hydrogen (secondary N) is 1. The lowest BCUT2D eigenvalue weighted by Gasteiger charge is -2.05. The van der Waals surface area contributed by atoms with Crippen molar-refractivity contribution in [2.75, 3.05) is 6.61 Å².